The largest absolute Gasteiger partial charge is 0.459 e. The lowest BCUT2D eigenvalue weighted by molar-refractivity contribution is -0.194. The van der Waals surface area contributed by atoms with E-state index in [4.69, 9.17) is 14.6 Å². The minimum absolute atomic E-state index is 0.00778. The second-order valence-electron chi connectivity index (χ2n) is 9.41. The summed E-state index contributed by atoms with van der Waals surface area (Å²) in [7, 11) is 0. The number of carbonyl (C=O) groups is 3. The van der Waals surface area contributed by atoms with Crippen LogP contribution in [-0.2, 0) is 23.9 Å². The summed E-state index contributed by atoms with van der Waals surface area (Å²) in [6.07, 6.45) is 7.44. The molecular formula is C23H30O7. The van der Waals surface area contributed by atoms with Crippen LogP contribution in [0.1, 0.15) is 47.0 Å². The van der Waals surface area contributed by atoms with Crippen LogP contribution in [-0.4, -0.2) is 52.4 Å². The van der Waals surface area contributed by atoms with Gasteiger partial charge in [0.1, 0.15) is 18.8 Å². The molecule has 0 radical (unpaired) electrons. The van der Waals surface area contributed by atoms with Crippen LogP contribution in [0.15, 0.2) is 36.0 Å². The van der Waals surface area contributed by atoms with Crippen LogP contribution in [0.2, 0.25) is 0 Å². The van der Waals surface area contributed by atoms with Crippen molar-refractivity contribution in [1.82, 2.24) is 0 Å². The van der Waals surface area contributed by atoms with Gasteiger partial charge in [-0.2, -0.15) is 0 Å². The molecule has 7 nitrogen and oxygen atoms in total. The summed E-state index contributed by atoms with van der Waals surface area (Å²) in [5.74, 6) is -1.96. The Labute approximate surface area is 176 Å². The molecule has 1 aliphatic heterocycles. The van der Waals surface area contributed by atoms with E-state index in [-0.39, 0.29) is 17.9 Å². The summed E-state index contributed by atoms with van der Waals surface area (Å²) < 4.78 is 10.9. The molecule has 0 amide bonds. The van der Waals surface area contributed by atoms with E-state index in [1.807, 2.05) is 6.92 Å². The van der Waals surface area contributed by atoms with Crippen molar-refractivity contribution >= 4 is 17.7 Å². The summed E-state index contributed by atoms with van der Waals surface area (Å²) in [6.45, 7) is 7.38. The van der Waals surface area contributed by atoms with Crippen molar-refractivity contribution in [2.24, 2.45) is 16.7 Å². The number of fused-ring (bicyclic) bond motifs is 3. The Morgan fingerprint density at radius 1 is 1.23 bits per heavy atom. The Hall–Kier alpha value is -2.25. The molecule has 1 heterocycles. The predicted octanol–water partition coefficient (Wildman–Crippen LogP) is 2.02. The second kappa shape index (κ2) is 7.78. The molecule has 5 atom stereocenters. The Morgan fingerprint density at radius 2 is 1.90 bits per heavy atom. The Morgan fingerprint density at radius 3 is 2.57 bits per heavy atom. The van der Waals surface area contributed by atoms with Crippen LogP contribution in [0.4, 0.5) is 0 Å². The van der Waals surface area contributed by atoms with Crippen molar-refractivity contribution in [1.29, 1.82) is 0 Å². The van der Waals surface area contributed by atoms with Gasteiger partial charge in [0.25, 0.3) is 0 Å². The lowest BCUT2D eigenvalue weighted by atomic mass is 9.46. The molecule has 30 heavy (non-hydrogen) atoms. The first-order valence-electron chi connectivity index (χ1n) is 10.3. The number of allylic oxidation sites excluding steroid dienone is 2. The Bertz CT molecular complexity index is 834. The molecule has 1 saturated heterocycles. The zero-order chi connectivity index (χ0) is 22.3. The van der Waals surface area contributed by atoms with Gasteiger partial charge in [-0.1, -0.05) is 39.3 Å². The average Bonchev–Trinajstić information content (AvgIpc) is 2.94. The number of ketones is 1. The van der Waals surface area contributed by atoms with Crippen LogP contribution in [0.25, 0.3) is 0 Å². The van der Waals surface area contributed by atoms with Gasteiger partial charge in [-0.15, -0.1) is 0 Å². The van der Waals surface area contributed by atoms with Crippen molar-refractivity contribution in [2.75, 3.05) is 6.61 Å². The van der Waals surface area contributed by atoms with Gasteiger partial charge in [0.2, 0.25) is 0 Å². The Kier molecular flexibility index (Phi) is 5.82. The third-order valence-electron chi connectivity index (χ3n) is 6.95. The van der Waals surface area contributed by atoms with E-state index in [0.29, 0.717) is 12.0 Å². The lowest BCUT2D eigenvalue weighted by Crippen LogP contribution is -2.65. The van der Waals surface area contributed by atoms with Gasteiger partial charge < -0.3 is 19.7 Å². The fraction of sp³-hybridized carbons (Fsp3) is 0.609. The number of aliphatic hydroxyl groups excluding tert-OH is 1. The van der Waals surface area contributed by atoms with Gasteiger partial charge in [-0.05, 0) is 37.3 Å². The molecule has 7 heteroatoms. The van der Waals surface area contributed by atoms with Crippen molar-refractivity contribution in [3.63, 3.8) is 0 Å². The number of hydrogen-bond acceptors (Lipinski definition) is 7. The summed E-state index contributed by atoms with van der Waals surface area (Å²) in [6, 6.07) is 0. The summed E-state index contributed by atoms with van der Waals surface area (Å²) in [4.78, 5) is 36.3. The fourth-order valence-electron chi connectivity index (χ4n) is 5.54. The standard InChI is InChI=1S/C23H30O7/c1-14(24)16(25)8-5-6-9-18(26)30-17-12-15-13-29-20(27)23(15,28)22(4)11-7-10-21(2,3)19(17)22/h5-6,8-9,12,14,17,19,24,28H,7,10-11,13H2,1-4H3/b8-5+,9-6+/t14-,17-,19+,22-,23+/m0/s1. The number of esters is 2. The number of rotatable bonds is 5. The SMILES string of the molecule is C[C@H](O)C(=O)/C=C/C=C/C(=O)O[C@H]1C=C2COC(=O)[C@@]2(O)[C@@]2(C)CCCC(C)(C)[C@@H]12. The summed E-state index contributed by atoms with van der Waals surface area (Å²) >= 11 is 0. The highest BCUT2D eigenvalue weighted by molar-refractivity contribution is 5.93. The van der Waals surface area contributed by atoms with E-state index < -0.39 is 40.9 Å². The molecular weight excluding hydrogens is 388 g/mol. The third-order valence-corrected chi connectivity index (χ3v) is 6.95. The molecule has 0 unspecified atom stereocenters. The van der Waals surface area contributed by atoms with Crippen LogP contribution in [0, 0.1) is 16.7 Å². The quantitative estimate of drug-likeness (QED) is 0.304. The molecule has 2 N–H and O–H groups in total. The zero-order valence-electron chi connectivity index (χ0n) is 17.9. The molecule has 1 saturated carbocycles. The molecule has 3 rings (SSSR count). The van der Waals surface area contributed by atoms with E-state index in [2.05, 4.69) is 13.8 Å². The maximum Gasteiger partial charge on any atom is 0.343 e. The molecule has 3 aliphatic rings. The second-order valence-corrected chi connectivity index (χ2v) is 9.41. The van der Waals surface area contributed by atoms with Crippen LogP contribution in [0.5, 0.6) is 0 Å². The average molecular weight is 418 g/mol. The maximum atomic E-state index is 12.5. The minimum Gasteiger partial charge on any atom is -0.459 e. The van der Waals surface area contributed by atoms with Crippen molar-refractivity contribution < 1.29 is 34.1 Å². The number of hydrogen-bond donors (Lipinski definition) is 2. The lowest BCUT2D eigenvalue weighted by Gasteiger charge is -2.59. The Balaban J connectivity index is 1.87. The summed E-state index contributed by atoms with van der Waals surface area (Å²) in [5.41, 5.74) is -2.33. The van der Waals surface area contributed by atoms with Gasteiger partial charge in [-0.3, -0.25) is 4.79 Å². The molecule has 0 spiro atoms. The van der Waals surface area contributed by atoms with Crippen LogP contribution < -0.4 is 0 Å². The van der Waals surface area contributed by atoms with E-state index >= 15 is 0 Å². The monoisotopic (exact) mass is 418 g/mol. The number of cyclic esters (lactones) is 1. The fourth-order valence-corrected chi connectivity index (χ4v) is 5.54. The molecule has 0 aromatic rings. The molecule has 0 aromatic carbocycles. The van der Waals surface area contributed by atoms with Crippen molar-refractivity contribution in [3.8, 4) is 0 Å². The van der Waals surface area contributed by atoms with E-state index in [0.717, 1.165) is 12.8 Å². The first kappa shape index (κ1) is 22.4. The first-order valence-corrected chi connectivity index (χ1v) is 10.3. The highest BCUT2D eigenvalue weighted by Crippen LogP contribution is 2.63. The molecule has 0 aromatic heterocycles. The topological polar surface area (TPSA) is 110 Å². The number of carbonyl (C=O) groups excluding carboxylic acids is 3. The predicted molar refractivity (Wildman–Crippen MR) is 108 cm³/mol. The molecule has 2 fully saturated rings. The van der Waals surface area contributed by atoms with Gasteiger partial charge in [-0.25, -0.2) is 9.59 Å². The molecule has 2 aliphatic carbocycles. The van der Waals surface area contributed by atoms with Crippen LogP contribution in [0.3, 0.4) is 0 Å². The maximum absolute atomic E-state index is 12.5. The van der Waals surface area contributed by atoms with Crippen molar-refractivity contribution in [3.05, 3.63) is 36.0 Å². The molecule has 0 bridgehead atoms. The van der Waals surface area contributed by atoms with Gasteiger partial charge >= 0.3 is 11.9 Å². The van der Waals surface area contributed by atoms with Gasteiger partial charge in [0.15, 0.2) is 11.4 Å². The van der Waals surface area contributed by atoms with Crippen molar-refractivity contribution in [2.45, 2.75) is 64.8 Å². The summed E-state index contributed by atoms with van der Waals surface area (Å²) in [5, 5.41) is 20.6. The first-order chi connectivity index (χ1) is 13.9. The van der Waals surface area contributed by atoms with E-state index in [9.17, 15) is 19.5 Å². The minimum atomic E-state index is -1.70. The van der Waals surface area contributed by atoms with E-state index in [1.165, 1.54) is 31.2 Å². The highest BCUT2D eigenvalue weighted by atomic mass is 16.6. The smallest absolute Gasteiger partial charge is 0.343 e. The number of aliphatic hydroxyl groups is 2. The highest BCUT2D eigenvalue weighted by Gasteiger charge is 2.69. The van der Waals surface area contributed by atoms with Gasteiger partial charge in [0.05, 0.1) is 0 Å². The normalized spacial score (nSPS) is 36.1. The third kappa shape index (κ3) is 3.54. The van der Waals surface area contributed by atoms with Gasteiger partial charge in [0, 0.05) is 23.0 Å². The molecule has 164 valence electrons. The van der Waals surface area contributed by atoms with Crippen LogP contribution >= 0.6 is 0 Å². The van der Waals surface area contributed by atoms with E-state index in [1.54, 1.807) is 6.08 Å². The zero-order valence-corrected chi connectivity index (χ0v) is 17.9. The number of ether oxygens (including phenoxy) is 2.